The summed E-state index contributed by atoms with van der Waals surface area (Å²) in [6, 6.07) is 8.76. The Morgan fingerprint density at radius 3 is 2.14 bits per heavy atom. The number of halogens is 4. The zero-order chi connectivity index (χ0) is 16.5. The average Bonchev–Trinajstić information content (AvgIpc) is 2.37. The van der Waals surface area contributed by atoms with Crippen molar-refractivity contribution in [2.24, 2.45) is 5.73 Å². The fourth-order valence-electron chi connectivity index (χ4n) is 2.37. The number of benzene rings is 2. The van der Waals surface area contributed by atoms with Crippen molar-refractivity contribution in [1.29, 1.82) is 0 Å². The highest BCUT2D eigenvalue weighted by atomic mass is 79.9. The molecule has 0 spiro atoms. The highest BCUT2D eigenvalue weighted by molar-refractivity contribution is 9.10. The van der Waals surface area contributed by atoms with Crippen molar-refractivity contribution >= 4 is 31.9 Å². The van der Waals surface area contributed by atoms with Crippen molar-refractivity contribution < 1.29 is 8.78 Å². The highest BCUT2D eigenvalue weighted by Gasteiger charge is 2.26. The lowest BCUT2D eigenvalue weighted by atomic mass is 9.99. The molecule has 0 saturated heterocycles. The largest absolute Gasteiger partial charge is 0.310 e. The van der Waals surface area contributed by atoms with Crippen LogP contribution >= 0.6 is 31.9 Å². The molecule has 22 heavy (non-hydrogen) atoms. The maximum absolute atomic E-state index is 13.2. The van der Waals surface area contributed by atoms with Gasteiger partial charge < -0.3 is 5.73 Å². The maximum atomic E-state index is 13.2. The Morgan fingerprint density at radius 1 is 1.05 bits per heavy atom. The van der Waals surface area contributed by atoms with Crippen molar-refractivity contribution in [2.45, 2.75) is 25.6 Å². The topological polar surface area (TPSA) is 38.0 Å². The minimum absolute atomic E-state index is 0.137. The van der Waals surface area contributed by atoms with Crippen LogP contribution in [-0.4, -0.2) is 0 Å². The SMILES string of the molecule is CC(NC(C)(N)c1ccc(F)cc1Br)c1ccc(F)cc1Br. The Balaban J connectivity index is 2.27. The summed E-state index contributed by atoms with van der Waals surface area (Å²) in [5.41, 5.74) is 7.09. The van der Waals surface area contributed by atoms with E-state index in [0.29, 0.717) is 8.95 Å². The molecule has 118 valence electrons. The molecule has 2 unspecified atom stereocenters. The third kappa shape index (κ3) is 3.93. The number of nitrogens with one attached hydrogen (secondary N) is 1. The van der Waals surface area contributed by atoms with E-state index in [2.05, 4.69) is 37.2 Å². The smallest absolute Gasteiger partial charge is 0.124 e. The van der Waals surface area contributed by atoms with Gasteiger partial charge in [-0.25, -0.2) is 8.78 Å². The van der Waals surface area contributed by atoms with Gasteiger partial charge >= 0.3 is 0 Å². The molecule has 0 aliphatic heterocycles. The molecule has 6 heteroatoms. The maximum Gasteiger partial charge on any atom is 0.124 e. The van der Waals surface area contributed by atoms with Gasteiger partial charge in [0.2, 0.25) is 0 Å². The first-order valence-electron chi connectivity index (χ1n) is 6.68. The van der Waals surface area contributed by atoms with Crippen LogP contribution < -0.4 is 11.1 Å². The van der Waals surface area contributed by atoms with E-state index in [1.165, 1.54) is 24.3 Å². The molecule has 0 saturated carbocycles. The summed E-state index contributed by atoms with van der Waals surface area (Å²) >= 11 is 6.69. The fraction of sp³-hybridized carbons (Fsp3) is 0.250. The van der Waals surface area contributed by atoms with Crippen LogP contribution in [0.2, 0.25) is 0 Å². The van der Waals surface area contributed by atoms with Crippen molar-refractivity contribution in [1.82, 2.24) is 5.32 Å². The first-order valence-corrected chi connectivity index (χ1v) is 8.26. The van der Waals surface area contributed by atoms with Gasteiger partial charge in [0.1, 0.15) is 11.6 Å². The van der Waals surface area contributed by atoms with Gasteiger partial charge in [0, 0.05) is 20.6 Å². The summed E-state index contributed by atoms with van der Waals surface area (Å²) < 4.78 is 27.7. The second-order valence-electron chi connectivity index (χ2n) is 5.36. The van der Waals surface area contributed by atoms with E-state index in [1.807, 2.05) is 6.92 Å². The normalized spacial score (nSPS) is 15.4. The molecule has 0 amide bonds. The van der Waals surface area contributed by atoms with Gasteiger partial charge in [-0.05, 0) is 43.7 Å². The molecule has 0 radical (unpaired) electrons. The van der Waals surface area contributed by atoms with Gasteiger partial charge in [0.05, 0.1) is 5.66 Å². The zero-order valence-electron chi connectivity index (χ0n) is 12.1. The predicted molar refractivity (Wildman–Crippen MR) is 91.3 cm³/mol. The van der Waals surface area contributed by atoms with Gasteiger partial charge in [-0.1, -0.05) is 44.0 Å². The van der Waals surface area contributed by atoms with Crippen LogP contribution in [-0.2, 0) is 5.66 Å². The number of hydrogen-bond acceptors (Lipinski definition) is 2. The Labute approximate surface area is 145 Å². The highest BCUT2D eigenvalue weighted by Crippen LogP contribution is 2.30. The molecular weight excluding hydrogens is 418 g/mol. The molecule has 2 aromatic rings. The summed E-state index contributed by atoms with van der Waals surface area (Å²) in [6.45, 7) is 3.74. The van der Waals surface area contributed by atoms with Crippen LogP contribution in [0.4, 0.5) is 8.78 Å². The van der Waals surface area contributed by atoms with E-state index < -0.39 is 5.66 Å². The molecule has 2 atom stereocenters. The molecule has 3 N–H and O–H groups in total. The fourth-order valence-corrected chi connectivity index (χ4v) is 3.83. The minimum Gasteiger partial charge on any atom is -0.310 e. The van der Waals surface area contributed by atoms with Crippen LogP contribution in [0.15, 0.2) is 45.3 Å². The Kier molecular flexibility index (Phi) is 5.37. The third-order valence-corrected chi connectivity index (χ3v) is 4.78. The van der Waals surface area contributed by atoms with Crippen molar-refractivity contribution in [3.8, 4) is 0 Å². The quantitative estimate of drug-likeness (QED) is 0.668. The van der Waals surface area contributed by atoms with Gasteiger partial charge in [-0.2, -0.15) is 0 Å². The van der Waals surface area contributed by atoms with Crippen molar-refractivity contribution in [2.75, 3.05) is 0 Å². The predicted octanol–water partition coefficient (Wildman–Crippen LogP) is 4.97. The van der Waals surface area contributed by atoms with E-state index in [0.717, 1.165) is 11.1 Å². The van der Waals surface area contributed by atoms with Gasteiger partial charge in [0.15, 0.2) is 0 Å². The van der Waals surface area contributed by atoms with Crippen molar-refractivity contribution in [3.05, 3.63) is 68.1 Å². The Hall–Kier alpha value is -0.820. The molecule has 0 heterocycles. The van der Waals surface area contributed by atoms with Gasteiger partial charge in [-0.15, -0.1) is 0 Å². The minimum atomic E-state index is -0.889. The standard InChI is InChI=1S/C16H16Br2F2N2/c1-9(12-5-3-10(19)7-14(12)17)22-16(2,21)13-6-4-11(20)8-15(13)18/h3-9,22H,21H2,1-2H3. The number of hydrogen-bond donors (Lipinski definition) is 2. The lowest BCUT2D eigenvalue weighted by Crippen LogP contribution is -2.49. The van der Waals surface area contributed by atoms with E-state index in [-0.39, 0.29) is 17.7 Å². The summed E-state index contributed by atoms with van der Waals surface area (Å²) in [6.07, 6.45) is 0. The second kappa shape index (κ2) is 6.74. The Bertz CT molecular complexity index is 690. The van der Waals surface area contributed by atoms with Crippen LogP contribution in [0.5, 0.6) is 0 Å². The second-order valence-corrected chi connectivity index (χ2v) is 7.07. The number of rotatable bonds is 4. The molecular formula is C16H16Br2F2N2. The number of nitrogens with two attached hydrogens (primary N) is 1. The first kappa shape index (κ1) is 17.5. The lowest BCUT2D eigenvalue weighted by molar-refractivity contribution is 0.336. The molecule has 0 aliphatic rings. The average molecular weight is 434 g/mol. The van der Waals surface area contributed by atoms with Crippen LogP contribution in [0.1, 0.15) is 31.0 Å². The first-order chi connectivity index (χ1) is 10.2. The Morgan fingerprint density at radius 2 is 1.59 bits per heavy atom. The molecule has 2 aromatic carbocycles. The summed E-state index contributed by atoms with van der Waals surface area (Å²) in [4.78, 5) is 0. The van der Waals surface area contributed by atoms with Crippen molar-refractivity contribution in [3.63, 3.8) is 0 Å². The van der Waals surface area contributed by atoms with E-state index in [9.17, 15) is 8.78 Å². The van der Waals surface area contributed by atoms with Gasteiger partial charge in [0.25, 0.3) is 0 Å². The summed E-state index contributed by atoms with van der Waals surface area (Å²) in [5.74, 6) is -0.639. The molecule has 0 aromatic heterocycles. The summed E-state index contributed by atoms with van der Waals surface area (Å²) in [7, 11) is 0. The molecule has 0 bridgehead atoms. The van der Waals surface area contributed by atoms with E-state index >= 15 is 0 Å². The third-order valence-electron chi connectivity index (χ3n) is 3.44. The van der Waals surface area contributed by atoms with Gasteiger partial charge in [-0.3, -0.25) is 5.32 Å². The zero-order valence-corrected chi connectivity index (χ0v) is 15.3. The van der Waals surface area contributed by atoms with Crippen LogP contribution in [0.3, 0.4) is 0 Å². The molecule has 2 nitrogen and oxygen atoms in total. The monoisotopic (exact) mass is 432 g/mol. The molecule has 2 rings (SSSR count). The molecule has 0 fully saturated rings. The summed E-state index contributed by atoms with van der Waals surface area (Å²) in [5, 5.41) is 3.28. The van der Waals surface area contributed by atoms with Crippen LogP contribution in [0.25, 0.3) is 0 Å². The lowest BCUT2D eigenvalue weighted by Gasteiger charge is -2.32. The van der Waals surface area contributed by atoms with E-state index in [4.69, 9.17) is 5.73 Å². The van der Waals surface area contributed by atoms with E-state index in [1.54, 1.807) is 19.1 Å². The van der Waals surface area contributed by atoms with Crippen LogP contribution in [0, 0.1) is 11.6 Å². The molecule has 0 aliphatic carbocycles.